The number of aromatic nitrogens is 4. The van der Waals surface area contributed by atoms with Crippen molar-refractivity contribution in [2.75, 3.05) is 0 Å². The predicted molar refractivity (Wildman–Crippen MR) is 96.1 cm³/mol. The summed E-state index contributed by atoms with van der Waals surface area (Å²) in [5.41, 5.74) is 2.93. The molecule has 26 heavy (non-hydrogen) atoms. The molecule has 0 bridgehead atoms. The largest absolute Gasteiger partial charge is 0.299 e. The lowest BCUT2D eigenvalue weighted by atomic mass is 10.1. The molecule has 1 aromatic carbocycles. The van der Waals surface area contributed by atoms with Gasteiger partial charge in [-0.1, -0.05) is 31.0 Å². The van der Waals surface area contributed by atoms with Gasteiger partial charge in [0.05, 0.1) is 18.2 Å². The Bertz CT molecular complexity index is 933. The number of unbranched alkanes of at least 4 members (excludes halogenated alkanes) is 3. The maximum absolute atomic E-state index is 12.6. The van der Waals surface area contributed by atoms with Crippen LogP contribution in [-0.2, 0) is 11.3 Å². The summed E-state index contributed by atoms with van der Waals surface area (Å²) in [6, 6.07) is 9.57. The maximum Gasteiger partial charge on any atom is 0.264 e. The topological polar surface area (TPSA) is 102 Å². The molecule has 0 aliphatic heterocycles. The summed E-state index contributed by atoms with van der Waals surface area (Å²) in [6.45, 7) is 0.574. The van der Waals surface area contributed by atoms with Crippen LogP contribution in [0, 0.1) is 0 Å². The highest BCUT2D eigenvalue weighted by Gasteiger charge is 2.11. The minimum absolute atomic E-state index is 0.100. The summed E-state index contributed by atoms with van der Waals surface area (Å²) >= 11 is 0. The van der Waals surface area contributed by atoms with E-state index in [9.17, 15) is 9.59 Å². The smallest absolute Gasteiger partial charge is 0.264 e. The summed E-state index contributed by atoms with van der Waals surface area (Å²) in [5, 5.41) is 13.2. The van der Waals surface area contributed by atoms with Crippen molar-refractivity contribution in [1.82, 2.24) is 24.8 Å². The zero-order chi connectivity index (χ0) is 18.4. The second kappa shape index (κ2) is 8.39. The molecule has 0 saturated carbocycles. The molecule has 0 aliphatic carbocycles. The molecule has 2 aromatic heterocycles. The molecule has 0 saturated heterocycles. The molecule has 1 amide bonds. The lowest BCUT2D eigenvalue weighted by molar-refractivity contribution is -0.129. The summed E-state index contributed by atoms with van der Waals surface area (Å²) in [4.78, 5) is 27.9. The summed E-state index contributed by atoms with van der Waals surface area (Å²) in [7, 11) is 0. The van der Waals surface area contributed by atoms with E-state index in [1.807, 2.05) is 30.3 Å². The Kier molecular flexibility index (Phi) is 5.75. The van der Waals surface area contributed by atoms with Crippen molar-refractivity contribution in [3.63, 3.8) is 0 Å². The first kappa shape index (κ1) is 17.8. The van der Waals surface area contributed by atoms with Crippen LogP contribution in [0.1, 0.15) is 32.1 Å². The van der Waals surface area contributed by atoms with Crippen molar-refractivity contribution < 1.29 is 10.0 Å². The number of hydrogen-bond donors (Lipinski definition) is 2. The van der Waals surface area contributed by atoms with Crippen molar-refractivity contribution >= 4 is 16.9 Å². The average molecular weight is 355 g/mol. The second-order valence-corrected chi connectivity index (χ2v) is 6.07. The van der Waals surface area contributed by atoms with Gasteiger partial charge in [-0.15, -0.1) is 0 Å². The monoisotopic (exact) mass is 355 g/mol. The first-order valence-electron chi connectivity index (χ1n) is 8.62. The van der Waals surface area contributed by atoms with Gasteiger partial charge < -0.3 is 0 Å². The Morgan fingerprint density at radius 3 is 2.65 bits per heavy atom. The van der Waals surface area contributed by atoms with Gasteiger partial charge in [-0.25, -0.2) is 15.1 Å². The molecule has 0 unspecified atom stereocenters. The lowest BCUT2D eigenvalue weighted by Crippen LogP contribution is -2.20. The van der Waals surface area contributed by atoms with Crippen LogP contribution < -0.4 is 11.0 Å². The first-order chi connectivity index (χ1) is 12.7. The van der Waals surface area contributed by atoms with Gasteiger partial charge in [0.1, 0.15) is 5.39 Å². The van der Waals surface area contributed by atoms with Gasteiger partial charge in [-0.2, -0.15) is 5.10 Å². The number of benzene rings is 1. The van der Waals surface area contributed by atoms with E-state index >= 15 is 0 Å². The summed E-state index contributed by atoms with van der Waals surface area (Å²) < 4.78 is 3.26. The number of fused-ring (bicyclic) bond motifs is 1. The van der Waals surface area contributed by atoms with E-state index in [1.54, 1.807) is 27.3 Å². The number of nitrogens with one attached hydrogen (secondary N) is 1. The molecule has 0 aliphatic rings. The minimum atomic E-state index is -0.369. The van der Waals surface area contributed by atoms with Gasteiger partial charge in [0.2, 0.25) is 5.91 Å². The first-order valence-corrected chi connectivity index (χ1v) is 8.62. The summed E-state index contributed by atoms with van der Waals surface area (Å²) in [6.07, 6.45) is 6.72. The third-order valence-electron chi connectivity index (χ3n) is 4.23. The molecule has 2 N–H and O–H groups in total. The van der Waals surface area contributed by atoms with Gasteiger partial charge >= 0.3 is 0 Å². The van der Waals surface area contributed by atoms with Crippen LogP contribution in [0.3, 0.4) is 0 Å². The molecule has 0 atom stereocenters. The third-order valence-corrected chi connectivity index (χ3v) is 4.23. The van der Waals surface area contributed by atoms with E-state index in [0.717, 1.165) is 24.9 Å². The molecule has 3 aromatic rings. The van der Waals surface area contributed by atoms with Crippen LogP contribution in [0.25, 0.3) is 16.7 Å². The Morgan fingerprint density at radius 1 is 1.12 bits per heavy atom. The number of rotatable bonds is 8. The molecule has 0 spiro atoms. The number of amides is 1. The Hall–Kier alpha value is -3.00. The normalized spacial score (nSPS) is 11.0. The van der Waals surface area contributed by atoms with Gasteiger partial charge in [-0.05, 0) is 25.0 Å². The lowest BCUT2D eigenvalue weighted by Gasteiger charge is -2.06. The Balaban J connectivity index is 1.63. The molecule has 8 heteroatoms. The van der Waals surface area contributed by atoms with E-state index in [0.29, 0.717) is 30.4 Å². The fourth-order valence-electron chi connectivity index (χ4n) is 2.84. The molecule has 8 nitrogen and oxygen atoms in total. The SMILES string of the molecule is O=C(CCCCCCn1cnc2c(cnn2-c2ccccc2)c1=O)NO. The maximum atomic E-state index is 12.6. The number of hydroxylamine groups is 1. The zero-order valence-corrected chi connectivity index (χ0v) is 14.3. The minimum Gasteiger partial charge on any atom is -0.299 e. The number of carbonyl (C=O) groups excluding carboxylic acids is 1. The van der Waals surface area contributed by atoms with E-state index in [4.69, 9.17) is 5.21 Å². The highest BCUT2D eigenvalue weighted by molar-refractivity contribution is 5.75. The van der Waals surface area contributed by atoms with E-state index in [2.05, 4.69) is 10.1 Å². The quantitative estimate of drug-likeness (QED) is 0.366. The molecular formula is C18H21N5O3. The van der Waals surface area contributed by atoms with Gasteiger partial charge in [-0.3, -0.25) is 19.4 Å². The zero-order valence-electron chi connectivity index (χ0n) is 14.3. The fourth-order valence-corrected chi connectivity index (χ4v) is 2.84. The molecular weight excluding hydrogens is 334 g/mol. The van der Waals surface area contributed by atoms with Crippen molar-refractivity contribution in [2.45, 2.75) is 38.6 Å². The summed E-state index contributed by atoms with van der Waals surface area (Å²) in [5.74, 6) is -0.369. The van der Waals surface area contributed by atoms with E-state index in [-0.39, 0.29) is 11.5 Å². The van der Waals surface area contributed by atoms with Gasteiger partial charge in [0, 0.05) is 13.0 Å². The van der Waals surface area contributed by atoms with E-state index < -0.39 is 0 Å². The van der Waals surface area contributed by atoms with Crippen molar-refractivity contribution in [2.24, 2.45) is 0 Å². The number of carbonyl (C=O) groups is 1. The Morgan fingerprint density at radius 2 is 1.88 bits per heavy atom. The molecule has 3 rings (SSSR count). The highest BCUT2D eigenvalue weighted by Crippen LogP contribution is 2.13. The van der Waals surface area contributed by atoms with Gasteiger partial charge in [0.25, 0.3) is 5.56 Å². The van der Waals surface area contributed by atoms with Crippen molar-refractivity contribution in [3.05, 3.63) is 53.2 Å². The van der Waals surface area contributed by atoms with Crippen LogP contribution in [0.2, 0.25) is 0 Å². The highest BCUT2D eigenvalue weighted by atomic mass is 16.5. The fraction of sp³-hybridized carbons (Fsp3) is 0.333. The molecule has 136 valence electrons. The van der Waals surface area contributed by atoms with E-state index in [1.165, 1.54) is 0 Å². The van der Waals surface area contributed by atoms with Crippen molar-refractivity contribution in [1.29, 1.82) is 0 Å². The molecule has 2 heterocycles. The second-order valence-electron chi connectivity index (χ2n) is 6.07. The standard InChI is InChI=1S/C18H21N5O3/c24-16(21-26)10-6-1-2-7-11-22-13-19-17-15(18(22)25)12-20-23(17)14-8-4-3-5-9-14/h3-5,8-9,12-13,26H,1-2,6-7,10-11H2,(H,21,24). The van der Waals surface area contributed by atoms with Crippen LogP contribution in [-0.4, -0.2) is 30.4 Å². The Labute approximate surface area is 150 Å². The molecule has 0 radical (unpaired) electrons. The number of hydrogen-bond acceptors (Lipinski definition) is 5. The average Bonchev–Trinajstić information content (AvgIpc) is 3.11. The van der Waals surface area contributed by atoms with Crippen LogP contribution in [0.15, 0.2) is 47.7 Å². The van der Waals surface area contributed by atoms with Gasteiger partial charge in [0.15, 0.2) is 5.65 Å². The number of para-hydroxylation sites is 1. The van der Waals surface area contributed by atoms with Crippen LogP contribution >= 0.6 is 0 Å². The third kappa shape index (κ3) is 3.97. The van der Waals surface area contributed by atoms with Crippen LogP contribution in [0.4, 0.5) is 0 Å². The number of nitrogens with zero attached hydrogens (tertiary/aromatic N) is 4. The van der Waals surface area contributed by atoms with Crippen molar-refractivity contribution in [3.8, 4) is 5.69 Å². The number of aryl methyl sites for hydroxylation is 1. The predicted octanol–water partition coefficient (Wildman–Crippen LogP) is 2.04. The van der Waals surface area contributed by atoms with Crippen LogP contribution in [0.5, 0.6) is 0 Å². The molecule has 0 fully saturated rings.